The van der Waals surface area contributed by atoms with Gasteiger partial charge in [0, 0.05) is 31.8 Å². The van der Waals surface area contributed by atoms with E-state index in [0.29, 0.717) is 18.2 Å². The molecular formula is C15H30N2O2. The van der Waals surface area contributed by atoms with Crippen molar-refractivity contribution in [3.63, 3.8) is 0 Å². The SMILES string of the molecule is CCCNC1CCOCC1N(CC)CC1CCCO1. The summed E-state index contributed by atoms with van der Waals surface area (Å²) in [6, 6.07) is 1.09. The van der Waals surface area contributed by atoms with E-state index < -0.39 is 0 Å². The van der Waals surface area contributed by atoms with Gasteiger partial charge in [-0.15, -0.1) is 0 Å². The molecule has 112 valence electrons. The molecule has 0 aromatic carbocycles. The summed E-state index contributed by atoms with van der Waals surface area (Å²) >= 11 is 0. The van der Waals surface area contributed by atoms with E-state index in [9.17, 15) is 0 Å². The standard InChI is InChI=1S/C15H30N2O2/c1-3-8-16-14-7-10-18-12-15(14)17(4-2)11-13-6-5-9-19-13/h13-16H,3-12H2,1-2H3. The molecule has 0 saturated carbocycles. The van der Waals surface area contributed by atoms with Gasteiger partial charge in [0.1, 0.15) is 0 Å². The second-order valence-electron chi connectivity index (χ2n) is 5.71. The fraction of sp³-hybridized carbons (Fsp3) is 1.00. The normalized spacial score (nSPS) is 32.1. The van der Waals surface area contributed by atoms with E-state index in [1.807, 2.05) is 0 Å². The Morgan fingerprint density at radius 3 is 2.79 bits per heavy atom. The van der Waals surface area contributed by atoms with Gasteiger partial charge >= 0.3 is 0 Å². The molecule has 19 heavy (non-hydrogen) atoms. The molecule has 0 aromatic heterocycles. The van der Waals surface area contributed by atoms with Gasteiger partial charge in [0.2, 0.25) is 0 Å². The molecule has 2 aliphatic rings. The molecule has 0 amide bonds. The third-order valence-corrected chi connectivity index (χ3v) is 4.32. The molecule has 2 fully saturated rings. The first-order valence-corrected chi connectivity index (χ1v) is 8.02. The van der Waals surface area contributed by atoms with Crippen molar-refractivity contribution in [2.24, 2.45) is 0 Å². The van der Waals surface area contributed by atoms with Crippen LogP contribution in [0.15, 0.2) is 0 Å². The lowest BCUT2D eigenvalue weighted by atomic mass is 10.0. The highest BCUT2D eigenvalue weighted by molar-refractivity contribution is 4.88. The molecule has 2 saturated heterocycles. The van der Waals surface area contributed by atoms with E-state index in [1.54, 1.807) is 0 Å². The topological polar surface area (TPSA) is 33.7 Å². The summed E-state index contributed by atoms with van der Waals surface area (Å²) in [7, 11) is 0. The van der Waals surface area contributed by atoms with Crippen LogP contribution in [-0.2, 0) is 9.47 Å². The molecule has 1 N–H and O–H groups in total. The summed E-state index contributed by atoms with van der Waals surface area (Å²) in [5.74, 6) is 0. The molecule has 0 spiro atoms. The lowest BCUT2D eigenvalue weighted by Gasteiger charge is -2.40. The number of nitrogens with zero attached hydrogens (tertiary/aromatic N) is 1. The summed E-state index contributed by atoms with van der Waals surface area (Å²) < 4.78 is 11.5. The maximum atomic E-state index is 5.79. The summed E-state index contributed by atoms with van der Waals surface area (Å²) in [5.41, 5.74) is 0. The zero-order chi connectivity index (χ0) is 13.5. The molecule has 3 atom stereocenters. The Morgan fingerprint density at radius 2 is 2.11 bits per heavy atom. The average molecular weight is 270 g/mol. The zero-order valence-corrected chi connectivity index (χ0v) is 12.6. The van der Waals surface area contributed by atoms with Crippen LogP contribution in [-0.4, -0.2) is 62.5 Å². The van der Waals surface area contributed by atoms with Crippen LogP contribution in [0.3, 0.4) is 0 Å². The van der Waals surface area contributed by atoms with Crippen molar-refractivity contribution in [3.8, 4) is 0 Å². The number of rotatable bonds is 7. The lowest BCUT2D eigenvalue weighted by molar-refractivity contribution is -0.0203. The Hall–Kier alpha value is -0.160. The first-order chi connectivity index (χ1) is 9.35. The number of ether oxygens (including phenoxy) is 2. The minimum Gasteiger partial charge on any atom is -0.380 e. The Labute approximate surface area is 117 Å². The van der Waals surface area contributed by atoms with E-state index in [2.05, 4.69) is 24.1 Å². The van der Waals surface area contributed by atoms with Crippen LogP contribution in [0.4, 0.5) is 0 Å². The van der Waals surface area contributed by atoms with Crippen LogP contribution in [0.1, 0.15) is 39.5 Å². The van der Waals surface area contributed by atoms with Crippen LogP contribution in [0.25, 0.3) is 0 Å². The largest absolute Gasteiger partial charge is 0.380 e. The van der Waals surface area contributed by atoms with Crippen LogP contribution in [0, 0.1) is 0 Å². The molecule has 2 rings (SSSR count). The molecule has 2 heterocycles. The van der Waals surface area contributed by atoms with Crippen molar-refractivity contribution in [2.75, 3.05) is 39.5 Å². The highest BCUT2D eigenvalue weighted by atomic mass is 16.5. The molecule has 3 unspecified atom stereocenters. The van der Waals surface area contributed by atoms with E-state index in [4.69, 9.17) is 9.47 Å². The summed E-state index contributed by atoms with van der Waals surface area (Å²) in [6.45, 7) is 10.4. The number of hydrogen-bond donors (Lipinski definition) is 1. The highest BCUT2D eigenvalue weighted by Gasteiger charge is 2.31. The third kappa shape index (κ3) is 4.42. The smallest absolute Gasteiger partial charge is 0.0702 e. The monoisotopic (exact) mass is 270 g/mol. The second kappa shape index (κ2) is 8.20. The Balaban J connectivity index is 1.88. The molecular weight excluding hydrogens is 240 g/mol. The van der Waals surface area contributed by atoms with Crippen LogP contribution in [0.5, 0.6) is 0 Å². The van der Waals surface area contributed by atoms with Crippen molar-refractivity contribution in [3.05, 3.63) is 0 Å². The first-order valence-electron chi connectivity index (χ1n) is 8.02. The van der Waals surface area contributed by atoms with Gasteiger partial charge in [-0.1, -0.05) is 13.8 Å². The van der Waals surface area contributed by atoms with E-state index in [0.717, 1.165) is 45.9 Å². The van der Waals surface area contributed by atoms with Crippen molar-refractivity contribution in [1.82, 2.24) is 10.2 Å². The van der Waals surface area contributed by atoms with Crippen LogP contribution < -0.4 is 5.32 Å². The van der Waals surface area contributed by atoms with E-state index in [-0.39, 0.29) is 0 Å². The molecule has 4 heteroatoms. The molecule has 4 nitrogen and oxygen atoms in total. The number of likely N-dealkylation sites (N-methyl/N-ethyl adjacent to an activating group) is 1. The molecule has 0 radical (unpaired) electrons. The van der Waals surface area contributed by atoms with Gasteiger partial charge in [-0.05, 0) is 38.8 Å². The Morgan fingerprint density at radius 1 is 1.21 bits per heavy atom. The quantitative estimate of drug-likeness (QED) is 0.762. The second-order valence-corrected chi connectivity index (χ2v) is 5.71. The van der Waals surface area contributed by atoms with Crippen molar-refractivity contribution >= 4 is 0 Å². The predicted octanol–water partition coefficient (Wildman–Crippen LogP) is 1.64. The van der Waals surface area contributed by atoms with Gasteiger partial charge in [-0.3, -0.25) is 4.90 Å². The summed E-state index contributed by atoms with van der Waals surface area (Å²) in [4.78, 5) is 2.56. The Bertz CT molecular complexity index is 244. The predicted molar refractivity (Wildman–Crippen MR) is 77.5 cm³/mol. The van der Waals surface area contributed by atoms with E-state index >= 15 is 0 Å². The molecule has 0 aliphatic carbocycles. The summed E-state index contributed by atoms with van der Waals surface area (Å²) in [6.07, 6.45) is 5.21. The zero-order valence-electron chi connectivity index (χ0n) is 12.6. The van der Waals surface area contributed by atoms with Crippen LogP contribution >= 0.6 is 0 Å². The average Bonchev–Trinajstić information content (AvgIpc) is 2.96. The van der Waals surface area contributed by atoms with Crippen LogP contribution in [0.2, 0.25) is 0 Å². The van der Waals surface area contributed by atoms with Crippen molar-refractivity contribution < 1.29 is 9.47 Å². The lowest BCUT2D eigenvalue weighted by Crippen LogP contribution is -2.56. The molecule has 0 bridgehead atoms. The van der Waals surface area contributed by atoms with E-state index in [1.165, 1.54) is 19.3 Å². The van der Waals surface area contributed by atoms with Crippen molar-refractivity contribution in [1.29, 1.82) is 0 Å². The minimum absolute atomic E-state index is 0.439. The van der Waals surface area contributed by atoms with Gasteiger partial charge in [-0.25, -0.2) is 0 Å². The maximum Gasteiger partial charge on any atom is 0.0702 e. The van der Waals surface area contributed by atoms with Crippen molar-refractivity contribution in [2.45, 2.75) is 57.7 Å². The first kappa shape index (κ1) is 15.2. The van der Waals surface area contributed by atoms with Gasteiger partial charge in [0.05, 0.1) is 12.7 Å². The maximum absolute atomic E-state index is 5.79. The Kier molecular flexibility index (Phi) is 6.57. The highest BCUT2D eigenvalue weighted by Crippen LogP contribution is 2.19. The molecule has 0 aromatic rings. The fourth-order valence-electron chi connectivity index (χ4n) is 3.20. The number of hydrogen-bond acceptors (Lipinski definition) is 4. The van der Waals surface area contributed by atoms with Gasteiger partial charge in [0.25, 0.3) is 0 Å². The molecule has 2 aliphatic heterocycles. The fourth-order valence-corrected chi connectivity index (χ4v) is 3.20. The minimum atomic E-state index is 0.439. The summed E-state index contributed by atoms with van der Waals surface area (Å²) in [5, 5.41) is 3.70. The number of nitrogens with one attached hydrogen (secondary N) is 1. The van der Waals surface area contributed by atoms with Gasteiger partial charge in [-0.2, -0.15) is 0 Å². The third-order valence-electron chi connectivity index (χ3n) is 4.32. The van der Waals surface area contributed by atoms with Gasteiger partial charge < -0.3 is 14.8 Å². The van der Waals surface area contributed by atoms with Gasteiger partial charge in [0.15, 0.2) is 0 Å².